The number of aliphatic imine (C=N–C) groups is 1. The lowest BCUT2D eigenvalue weighted by Crippen LogP contribution is -2.53. The van der Waals surface area contributed by atoms with Crippen molar-refractivity contribution in [2.45, 2.75) is 50.6 Å². The standard InChI is InChI=1S/C24H26N2O10/c1-11-17(21(28)24(30)10-35-20-16(36-13(3)27)9-34-22(20)24)19(18(12(2)25-11)23(29)33-4)14-7-5-6-8-15(14)26(31)32/h5-8,16,18-20,22,30H,9-10H2,1-4H3/t16-,18?,19?,20-,22+,24-/m1/s1. The lowest BCUT2D eigenvalue weighted by atomic mass is 9.71. The lowest BCUT2D eigenvalue weighted by Gasteiger charge is -2.35. The van der Waals surface area contributed by atoms with Gasteiger partial charge in [0.2, 0.25) is 0 Å². The van der Waals surface area contributed by atoms with Gasteiger partial charge in [0.15, 0.2) is 17.5 Å². The summed E-state index contributed by atoms with van der Waals surface area (Å²) in [5.41, 5.74) is -2.01. The maximum absolute atomic E-state index is 14.1. The molecule has 2 unspecified atom stereocenters. The number of ketones is 1. The van der Waals surface area contributed by atoms with Gasteiger partial charge in [0.1, 0.15) is 18.1 Å². The average Bonchev–Trinajstić information content (AvgIpc) is 3.39. The maximum atomic E-state index is 14.1. The number of benzene rings is 1. The summed E-state index contributed by atoms with van der Waals surface area (Å²) in [6, 6.07) is 5.76. The van der Waals surface area contributed by atoms with Crippen molar-refractivity contribution in [3.8, 4) is 0 Å². The number of nitro benzene ring substituents is 1. The Bertz CT molecular complexity index is 1190. The third-order valence-corrected chi connectivity index (χ3v) is 6.78. The molecular weight excluding hydrogens is 476 g/mol. The van der Waals surface area contributed by atoms with Crippen LogP contribution >= 0.6 is 0 Å². The van der Waals surface area contributed by atoms with Crippen LogP contribution in [0.3, 0.4) is 0 Å². The number of carbonyl (C=O) groups excluding carboxylic acids is 3. The van der Waals surface area contributed by atoms with E-state index in [1.807, 2.05) is 0 Å². The average molecular weight is 502 g/mol. The number of nitro groups is 1. The van der Waals surface area contributed by atoms with E-state index in [1.165, 1.54) is 39.2 Å². The summed E-state index contributed by atoms with van der Waals surface area (Å²) in [6.45, 7) is 3.77. The van der Waals surface area contributed by atoms with Crippen LogP contribution in [0.1, 0.15) is 32.3 Å². The summed E-state index contributed by atoms with van der Waals surface area (Å²) in [5, 5.41) is 23.4. The van der Waals surface area contributed by atoms with Gasteiger partial charge in [-0.2, -0.15) is 0 Å². The van der Waals surface area contributed by atoms with Gasteiger partial charge in [0.25, 0.3) is 5.69 Å². The van der Waals surface area contributed by atoms with E-state index in [0.29, 0.717) is 5.71 Å². The number of fused-ring (bicyclic) bond motifs is 1. The number of Topliss-reactive ketones (excluding diaryl/α,β-unsaturated/α-hetero) is 1. The molecule has 0 saturated carbocycles. The fourth-order valence-corrected chi connectivity index (χ4v) is 5.25. The van der Waals surface area contributed by atoms with Gasteiger partial charge in [-0.3, -0.25) is 29.5 Å². The summed E-state index contributed by atoms with van der Waals surface area (Å²) in [4.78, 5) is 54.0. The highest BCUT2D eigenvalue weighted by atomic mass is 16.6. The zero-order valence-corrected chi connectivity index (χ0v) is 20.1. The zero-order valence-electron chi connectivity index (χ0n) is 20.1. The molecule has 192 valence electrons. The number of carbonyl (C=O) groups is 3. The van der Waals surface area contributed by atoms with E-state index in [1.54, 1.807) is 13.0 Å². The van der Waals surface area contributed by atoms with Crippen LogP contribution in [0.4, 0.5) is 5.69 Å². The number of hydrogen-bond acceptors (Lipinski definition) is 11. The minimum absolute atomic E-state index is 0.0852. The molecule has 0 amide bonds. The van der Waals surface area contributed by atoms with Crippen molar-refractivity contribution in [3.63, 3.8) is 0 Å². The number of para-hydroxylation sites is 1. The number of ether oxygens (including phenoxy) is 4. The first kappa shape index (κ1) is 25.6. The van der Waals surface area contributed by atoms with E-state index < -0.39 is 65.0 Å². The molecule has 12 nitrogen and oxygen atoms in total. The summed E-state index contributed by atoms with van der Waals surface area (Å²) < 4.78 is 21.4. The first-order valence-electron chi connectivity index (χ1n) is 11.3. The fourth-order valence-electron chi connectivity index (χ4n) is 5.25. The van der Waals surface area contributed by atoms with E-state index in [9.17, 15) is 29.6 Å². The third-order valence-electron chi connectivity index (χ3n) is 6.78. The minimum atomic E-state index is -2.21. The van der Waals surface area contributed by atoms with Gasteiger partial charge in [0, 0.05) is 41.5 Å². The quantitative estimate of drug-likeness (QED) is 0.340. The molecule has 1 N–H and O–H groups in total. The molecular formula is C24H26N2O10. The molecule has 2 saturated heterocycles. The van der Waals surface area contributed by atoms with Crippen LogP contribution in [-0.2, 0) is 33.3 Å². The van der Waals surface area contributed by atoms with E-state index in [0.717, 1.165) is 0 Å². The van der Waals surface area contributed by atoms with Crippen LogP contribution in [0.2, 0.25) is 0 Å². The molecule has 0 spiro atoms. The van der Waals surface area contributed by atoms with Crippen LogP contribution in [0.15, 0.2) is 40.5 Å². The van der Waals surface area contributed by atoms with Crippen molar-refractivity contribution in [2.75, 3.05) is 20.3 Å². The molecule has 1 aromatic carbocycles. The topological polar surface area (TPSA) is 164 Å². The predicted octanol–water partition coefficient (Wildman–Crippen LogP) is 1.25. The van der Waals surface area contributed by atoms with E-state index in [4.69, 9.17) is 18.9 Å². The number of esters is 2. The molecule has 0 aromatic heterocycles. The van der Waals surface area contributed by atoms with Crippen molar-refractivity contribution in [1.29, 1.82) is 0 Å². The first-order valence-corrected chi connectivity index (χ1v) is 11.3. The van der Waals surface area contributed by atoms with Crippen molar-refractivity contribution < 1.29 is 43.4 Å². The SMILES string of the molecule is COC(=O)C1C(C)=NC(C)=C(C(=O)[C@]2(O)CO[C@@H]3[C@H](OC(C)=O)CO[C@@H]32)C1c1ccccc1[N+](=O)[O-]. The predicted molar refractivity (Wildman–Crippen MR) is 122 cm³/mol. The van der Waals surface area contributed by atoms with Crippen LogP contribution in [0, 0.1) is 16.0 Å². The van der Waals surface area contributed by atoms with Gasteiger partial charge >= 0.3 is 11.9 Å². The number of allylic oxidation sites excluding steroid dienone is 1. The number of hydrogen-bond donors (Lipinski definition) is 1. The molecule has 3 aliphatic rings. The highest BCUT2D eigenvalue weighted by molar-refractivity contribution is 6.11. The Morgan fingerprint density at radius 3 is 2.56 bits per heavy atom. The van der Waals surface area contributed by atoms with Crippen LogP contribution in [0.25, 0.3) is 0 Å². The van der Waals surface area contributed by atoms with E-state index in [-0.39, 0.29) is 29.1 Å². The molecule has 1 aromatic rings. The van der Waals surface area contributed by atoms with Gasteiger partial charge in [0.05, 0.1) is 25.2 Å². The van der Waals surface area contributed by atoms with Gasteiger partial charge in [-0.25, -0.2) is 0 Å². The highest BCUT2D eigenvalue weighted by Gasteiger charge is 2.62. The molecule has 0 aliphatic carbocycles. The van der Waals surface area contributed by atoms with E-state index in [2.05, 4.69) is 4.99 Å². The molecule has 2 fully saturated rings. The number of nitrogens with zero attached hydrogens (tertiary/aromatic N) is 2. The Balaban J connectivity index is 1.83. The van der Waals surface area contributed by atoms with Crippen LogP contribution in [-0.4, -0.2) is 77.7 Å². The molecule has 3 heterocycles. The lowest BCUT2D eigenvalue weighted by molar-refractivity contribution is -0.385. The van der Waals surface area contributed by atoms with Gasteiger partial charge in [-0.15, -0.1) is 0 Å². The van der Waals surface area contributed by atoms with Crippen molar-refractivity contribution in [1.82, 2.24) is 0 Å². The smallest absolute Gasteiger partial charge is 0.315 e. The normalized spacial score (nSPS) is 31.5. The largest absolute Gasteiger partial charge is 0.468 e. The van der Waals surface area contributed by atoms with Gasteiger partial charge in [-0.05, 0) is 13.8 Å². The van der Waals surface area contributed by atoms with Gasteiger partial charge < -0.3 is 24.1 Å². The summed E-state index contributed by atoms with van der Waals surface area (Å²) >= 11 is 0. The monoisotopic (exact) mass is 502 g/mol. The summed E-state index contributed by atoms with van der Waals surface area (Å²) in [6.07, 6.45) is -2.87. The van der Waals surface area contributed by atoms with E-state index >= 15 is 0 Å². The minimum Gasteiger partial charge on any atom is -0.468 e. The molecule has 12 heteroatoms. The van der Waals surface area contributed by atoms with Crippen molar-refractivity contribution in [2.24, 2.45) is 10.9 Å². The Kier molecular flexibility index (Phi) is 6.78. The number of rotatable bonds is 6. The second-order valence-electron chi connectivity index (χ2n) is 8.98. The number of aliphatic hydroxyl groups is 1. The number of methoxy groups -OCH3 is 1. The molecule has 6 atom stereocenters. The Morgan fingerprint density at radius 2 is 1.92 bits per heavy atom. The molecule has 36 heavy (non-hydrogen) atoms. The second-order valence-corrected chi connectivity index (χ2v) is 8.98. The van der Waals surface area contributed by atoms with Crippen LogP contribution < -0.4 is 0 Å². The molecule has 3 aliphatic heterocycles. The van der Waals surface area contributed by atoms with Crippen LogP contribution in [0.5, 0.6) is 0 Å². The molecule has 0 radical (unpaired) electrons. The fraction of sp³-hybridized carbons (Fsp3) is 0.500. The summed E-state index contributed by atoms with van der Waals surface area (Å²) in [5.74, 6) is -4.47. The maximum Gasteiger partial charge on any atom is 0.315 e. The highest BCUT2D eigenvalue weighted by Crippen LogP contribution is 2.46. The second kappa shape index (κ2) is 9.52. The molecule has 0 bridgehead atoms. The molecule has 4 rings (SSSR count). The summed E-state index contributed by atoms with van der Waals surface area (Å²) in [7, 11) is 1.17. The Morgan fingerprint density at radius 1 is 1.22 bits per heavy atom. The third kappa shape index (κ3) is 4.10. The zero-order chi connectivity index (χ0) is 26.4. The van der Waals surface area contributed by atoms with Gasteiger partial charge in [-0.1, -0.05) is 18.2 Å². The Hall–Kier alpha value is -3.48. The first-order chi connectivity index (χ1) is 17.0. The van der Waals surface area contributed by atoms with Crippen molar-refractivity contribution >= 4 is 29.1 Å². The Labute approximate surface area is 206 Å². The van der Waals surface area contributed by atoms with Crippen molar-refractivity contribution in [3.05, 3.63) is 51.2 Å².